The number of nitrogens with zero attached hydrogens (tertiary/aromatic N) is 1. The zero-order chi connectivity index (χ0) is 12.3. The lowest BCUT2D eigenvalue weighted by molar-refractivity contribution is -0.929. The Hall–Kier alpha value is -0.600. The molecule has 0 fully saturated rings. The van der Waals surface area contributed by atoms with E-state index in [0.29, 0.717) is 4.59 Å². The maximum Gasteiger partial charge on any atom is 0.115 e. The van der Waals surface area contributed by atoms with Crippen LogP contribution < -0.4 is 5.84 Å². The van der Waals surface area contributed by atoms with E-state index in [1.165, 1.54) is 25.7 Å². The number of quaternary nitrogens is 1. The van der Waals surface area contributed by atoms with Crippen molar-refractivity contribution in [1.82, 2.24) is 0 Å². The first-order valence-corrected chi connectivity index (χ1v) is 6.59. The summed E-state index contributed by atoms with van der Waals surface area (Å²) in [5, 5.41) is 0. The number of rotatable bonds is 10. The molecule has 1 unspecified atom stereocenters. The van der Waals surface area contributed by atoms with Crippen molar-refractivity contribution in [3.63, 3.8) is 0 Å². The van der Waals surface area contributed by atoms with E-state index in [1.54, 1.807) is 0 Å². The SMILES string of the molecule is C=CC[N+](N)(CC=CCCCCC)CCC. The lowest BCUT2D eigenvalue weighted by Gasteiger charge is -2.30. The van der Waals surface area contributed by atoms with Gasteiger partial charge in [0.1, 0.15) is 13.1 Å². The van der Waals surface area contributed by atoms with Crippen LogP contribution in [0.15, 0.2) is 24.8 Å². The minimum Gasteiger partial charge on any atom is -0.242 e. The van der Waals surface area contributed by atoms with Crippen molar-refractivity contribution < 1.29 is 4.59 Å². The quantitative estimate of drug-likeness (QED) is 0.199. The van der Waals surface area contributed by atoms with Gasteiger partial charge in [0.2, 0.25) is 0 Å². The van der Waals surface area contributed by atoms with Crippen molar-refractivity contribution in [2.45, 2.75) is 46.0 Å². The van der Waals surface area contributed by atoms with Gasteiger partial charge in [-0.1, -0.05) is 39.3 Å². The van der Waals surface area contributed by atoms with Gasteiger partial charge >= 0.3 is 0 Å². The summed E-state index contributed by atoms with van der Waals surface area (Å²) in [6.07, 6.45) is 12.6. The molecular formula is C14H29N2+. The number of hydrogen-bond donors (Lipinski definition) is 1. The van der Waals surface area contributed by atoms with E-state index in [1.807, 2.05) is 6.08 Å². The lowest BCUT2D eigenvalue weighted by Crippen LogP contribution is -2.55. The van der Waals surface area contributed by atoms with Crippen molar-refractivity contribution >= 4 is 0 Å². The van der Waals surface area contributed by atoms with E-state index >= 15 is 0 Å². The Morgan fingerprint density at radius 3 is 2.38 bits per heavy atom. The molecule has 0 amide bonds. The average Bonchev–Trinajstić information content (AvgIpc) is 2.24. The van der Waals surface area contributed by atoms with Crippen LogP contribution in [0.3, 0.4) is 0 Å². The van der Waals surface area contributed by atoms with Gasteiger partial charge in [-0.15, -0.1) is 0 Å². The van der Waals surface area contributed by atoms with Crippen molar-refractivity contribution in [2.75, 3.05) is 19.6 Å². The molecule has 16 heavy (non-hydrogen) atoms. The number of nitrogens with two attached hydrogens (primary N) is 1. The standard InChI is InChI=1S/C14H29N2/c1-4-7-8-9-10-11-14-16(15,12-5-2)13-6-3/h5,10-11H,2,4,6-9,12-15H2,1,3H3/q+1. The van der Waals surface area contributed by atoms with Gasteiger partial charge in [-0.2, -0.15) is 5.84 Å². The predicted molar refractivity (Wildman–Crippen MR) is 72.8 cm³/mol. The molecule has 2 nitrogen and oxygen atoms in total. The fourth-order valence-corrected chi connectivity index (χ4v) is 1.87. The predicted octanol–water partition coefficient (Wildman–Crippen LogP) is 3.41. The van der Waals surface area contributed by atoms with Crippen LogP contribution in [-0.4, -0.2) is 24.2 Å². The summed E-state index contributed by atoms with van der Waals surface area (Å²) >= 11 is 0. The highest BCUT2D eigenvalue weighted by atomic mass is 15.6. The number of hydrogen-bond acceptors (Lipinski definition) is 1. The molecule has 1 atom stereocenters. The first-order valence-electron chi connectivity index (χ1n) is 6.59. The van der Waals surface area contributed by atoms with Gasteiger partial charge in [0.25, 0.3) is 0 Å². The van der Waals surface area contributed by atoms with E-state index in [0.717, 1.165) is 26.1 Å². The molecule has 0 rings (SSSR count). The van der Waals surface area contributed by atoms with Crippen LogP contribution in [0.4, 0.5) is 0 Å². The molecule has 0 aromatic carbocycles. The molecule has 0 aliphatic rings. The zero-order valence-corrected chi connectivity index (χ0v) is 11.1. The van der Waals surface area contributed by atoms with Crippen LogP contribution in [0, 0.1) is 0 Å². The molecule has 0 radical (unpaired) electrons. The summed E-state index contributed by atoms with van der Waals surface area (Å²) in [6.45, 7) is 11.0. The Labute approximate surface area is 101 Å². The van der Waals surface area contributed by atoms with Crippen LogP contribution in [0.2, 0.25) is 0 Å². The van der Waals surface area contributed by atoms with Gasteiger partial charge in [-0.05, 0) is 31.4 Å². The Morgan fingerprint density at radius 1 is 1.06 bits per heavy atom. The van der Waals surface area contributed by atoms with Crippen molar-refractivity contribution in [3.8, 4) is 0 Å². The molecule has 0 aliphatic heterocycles. The van der Waals surface area contributed by atoms with E-state index in [4.69, 9.17) is 5.84 Å². The molecule has 0 saturated carbocycles. The maximum atomic E-state index is 6.27. The first kappa shape index (κ1) is 15.4. The second kappa shape index (κ2) is 9.61. The summed E-state index contributed by atoms with van der Waals surface area (Å²) in [5.74, 6) is 6.27. The van der Waals surface area contributed by atoms with Crippen LogP contribution >= 0.6 is 0 Å². The fraction of sp³-hybridized carbons (Fsp3) is 0.714. The number of unbranched alkanes of at least 4 members (excludes halogenated alkanes) is 3. The highest BCUT2D eigenvalue weighted by Crippen LogP contribution is 2.03. The molecule has 0 spiro atoms. The summed E-state index contributed by atoms with van der Waals surface area (Å²) < 4.78 is 0.601. The van der Waals surface area contributed by atoms with E-state index in [9.17, 15) is 0 Å². The highest BCUT2D eigenvalue weighted by Gasteiger charge is 2.17. The van der Waals surface area contributed by atoms with Gasteiger partial charge in [-0.25, -0.2) is 4.59 Å². The van der Waals surface area contributed by atoms with Crippen molar-refractivity contribution in [1.29, 1.82) is 0 Å². The minimum atomic E-state index is 0.601. The van der Waals surface area contributed by atoms with Crippen LogP contribution in [0.1, 0.15) is 46.0 Å². The molecule has 0 aromatic heterocycles. The lowest BCUT2D eigenvalue weighted by atomic mass is 10.2. The molecule has 0 heterocycles. The third kappa shape index (κ3) is 7.66. The summed E-state index contributed by atoms with van der Waals surface area (Å²) in [7, 11) is 0. The second-order valence-electron chi connectivity index (χ2n) is 4.56. The molecule has 0 aliphatic carbocycles. The smallest absolute Gasteiger partial charge is 0.115 e. The summed E-state index contributed by atoms with van der Waals surface area (Å²) in [5.41, 5.74) is 0. The van der Waals surface area contributed by atoms with Crippen LogP contribution in [0.5, 0.6) is 0 Å². The topological polar surface area (TPSA) is 26.0 Å². The first-order chi connectivity index (χ1) is 7.68. The van der Waals surface area contributed by atoms with Crippen LogP contribution in [0.25, 0.3) is 0 Å². The molecule has 94 valence electrons. The Morgan fingerprint density at radius 2 is 1.81 bits per heavy atom. The number of allylic oxidation sites excluding steroid dienone is 1. The third-order valence-electron chi connectivity index (χ3n) is 2.77. The van der Waals surface area contributed by atoms with Crippen LogP contribution in [-0.2, 0) is 0 Å². The molecular weight excluding hydrogens is 196 g/mol. The fourth-order valence-electron chi connectivity index (χ4n) is 1.87. The molecule has 0 aromatic rings. The van der Waals surface area contributed by atoms with E-state index in [2.05, 4.69) is 32.6 Å². The average molecular weight is 225 g/mol. The molecule has 2 N–H and O–H groups in total. The van der Waals surface area contributed by atoms with Gasteiger partial charge in [-0.3, -0.25) is 0 Å². The Kier molecular flexibility index (Phi) is 9.25. The Bertz CT molecular complexity index is 199. The van der Waals surface area contributed by atoms with Gasteiger partial charge in [0.05, 0.1) is 6.54 Å². The molecule has 2 heteroatoms. The normalized spacial score (nSPS) is 15.2. The van der Waals surface area contributed by atoms with Gasteiger partial charge in [0.15, 0.2) is 0 Å². The van der Waals surface area contributed by atoms with Crippen molar-refractivity contribution in [2.24, 2.45) is 5.84 Å². The maximum absolute atomic E-state index is 6.27. The van der Waals surface area contributed by atoms with Gasteiger partial charge in [0, 0.05) is 0 Å². The second-order valence-corrected chi connectivity index (χ2v) is 4.56. The highest BCUT2D eigenvalue weighted by molar-refractivity contribution is 4.82. The Balaban J connectivity index is 3.86. The molecule has 0 saturated heterocycles. The monoisotopic (exact) mass is 225 g/mol. The summed E-state index contributed by atoms with van der Waals surface area (Å²) in [6, 6.07) is 0. The van der Waals surface area contributed by atoms with Gasteiger partial charge < -0.3 is 0 Å². The van der Waals surface area contributed by atoms with E-state index < -0.39 is 0 Å². The third-order valence-corrected chi connectivity index (χ3v) is 2.77. The van der Waals surface area contributed by atoms with Crippen molar-refractivity contribution in [3.05, 3.63) is 24.8 Å². The molecule has 0 bridgehead atoms. The van der Waals surface area contributed by atoms with E-state index in [-0.39, 0.29) is 0 Å². The minimum absolute atomic E-state index is 0.601. The summed E-state index contributed by atoms with van der Waals surface area (Å²) in [4.78, 5) is 0. The zero-order valence-electron chi connectivity index (χ0n) is 11.1. The largest absolute Gasteiger partial charge is 0.242 e.